The highest BCUT2D eigenvalue weighted by Gasteiger charge is 2.31. The van der Waals surface area contributed by atoms with Crippen LogP contribution in [0.3, 0.4) is 0 Å². The first kappa shape index (κ1) is 29.6. The van der Waals surface area contributed by atoms with Gasteiger partial charge in [-0.25, -0.2) is 22.2 Å². The summed E-state index contributed by atoms with van der Waals surface area (Å²) < 4.78 is 66.2. The Morgan fingerprint density at radius 3 is 2.32 bits per heavy atom. The van der Waals surface area contributed by atoms with E-state index in [1.54, 1.807) is 43.5 Å². The van der Waals surface area contributed by atoms with Gasteiger partial charge in [-0.1, -0.05) is 6.92 Å². The number of oxazole rings is 1. The molecule has 1 aliphatic rings. The molecule has 228 valence electrons. The number of anilines is 2. The van der Waals surface area contributed by atoms with E-state index >= 15 is 0 Å². The fourth-order valence-corrected chi connectivity index (χ4v) is 6.26. The largest absolute Gasteiger partial charge is 0.455 e. The van der Waals surface area contributed by atoms with E-state index in [1.165, 1.54) is 35.6 Å². The van der Waals surface area contributed by atoms with Gasteiger partial charge in [0.1, 0.15) is 23.0 Å². The second-order valence-electron chi connectivity index (χ2n) is 11.0. The van der Waals surface area contributed by atoms with Crippen molar-refractivity contribution < 1.29 is 30.8 Å². The predicted molar refractivity (Wildman–Crippen MR) is 166 cm³/mol. The summed E-state index contributed by atoms with van der Waals surface area (Å²) in [6.07, 6.45) is 4.51. The number of carbonyl (C=O) groups is 1. The van der Waals surface area contributed by atoms with Gasteiger partial charge in [-0.2, -0.15) is 0 Å². The Hall–Kier alpha value is -4.51. The van der Waals surface area contributed by atoms with E-state index in [1.807, 2.05) is 11.0 Å². The molecule has 0 spiro atoms. The highest BCUT2D eigenvalue weighted by atomic mass is 32.2. The number of Topliss-reactive ketones (excluding diaryl/α,β-unsaturated/α-hetero) is 1. The van der Waals surface area contributed by atoms with E-state index < -0.39 is 15.8 Å². The Balaban J connectivity index is 1.44. The van der Waals surface area contributed by atoms with Gasteiger partial charge in [0.15, 0.2) is 11.5 Å². The van der Waals surface area contributed by atoms with E-state index in [9.17, 15) is 22.0 Å². The summed E-state index contributed by atoms with van der Waals surface area (Å²) in [5, 5.41) is 0.573. The molecule has 6 rings (SSSR count). The molecule has 3 aromatic carbocycles. The molecule has 1 fully saturated rings. The lowest BCUT2D eigenvalue weighted by Gasteiger charge is -2.34. The number of fused-ring (bicyclic) bond motifs is 1. The van der Waals surface area contributed by atoms with Crippen molar-refractivity contribution >= 4 is 38.5 Å². The number of hydrogen-bond donors (Lipinski definition) is 0. The SMILES string of the molecule is CCC(=O)c1c(-c2ccc(F)cc2)oc2cc(N(C)S(C)(=O)=O)c([C@H]3CCCN(c4ncc(-c5ccc(F)cc5)o4)C3)cc12. The highest BCUT2D eigenvalue weighted by Crippen LogP contribution is 2.43. The monoisotopic (exact) mass is 619 g/mol. The molecule has 0 amide bonds. The minimum absolute atomic E-state index is 0.137. The topological polar surface area (TPSA) is 96.9 Å². The van der Waals surface area contributed by atoms with Crippen molar-refractivity contribution in [3.63, 3.8) is 0 Å². The molecule has 2 aromatic heterocycles. The van der Waals surface area contributed by atoms with Crippen LogP contribution in [0.15, 0.2) is 75.7 Å². The molecule has 0 unspecified atom stereocenters. The minimum atomic E-state index is -3.65. The molecular weight excluding hydrogens is 588 g/mol. The highest BCUT2D eigenvalue weighted by molar-refractivity contribution is 7.92. The minimum Gasteiger partial charge on any atom is -0.455 e. The first-order valence-electron chi connectivity index (χ1n) is 14.3. The number of furan rings is 1. The first-order valence-corrected chi connectivity index (χ1v) is 16.2. The van der Waals surface area contributed by atoms with E-state index in [2.05, 4.69) is 4.98 Å². The second kappa shape index (κ2) is 11.5. The summed E-state index contributed by atoms with van der Waals surface area (Å²) in [6.45, 7) is 2.93. The van der Waals surface area contributed by atoms with Crippen LogP contribution in [-0.4, -0.2) is 45.6 Å². The van der Waals surface area contributed by atoms with Gasteiger partial charge in [-0.05, 0) is 73.0 Å². The third kappa shape index (κ3) is 5.59. The third-order valence-corrected chi connectivity index (χ3v) is 9.33. The number of ketones is 1. The van der Waals surface area contributed by atoms with Crippen LogP contribution >= 0.6 is 0 Å². The van der Waals surface area contributed by atoms with Gasteiger partial charge in [0.05, 0.1) is 23.7 Å². The van der Waals surface area contributed by atoms with E-state index in [0.29, 0.717) is 64.0 Å². The maximum absolute atomic E-state index is 13.7. The van der Waals surface area contributed by atoms with Gasteiger partial charge in [-0.15, -0.1) is 0 Å². The van der Waals surface area contributed by atoms with Crippen molar-refractivity contribution in [1.29, 1.82) is 0 Å². The zero-order chi connectivity index (χ0) is 31.2. The molecule has 0 radical (unpaired) electrons. The number of nitrogens with zero attached hydrogens (tertiary/aromatic N) is 3. The average Bonchev–Trinajstić information content (AvgIpc) is 3.65. The van der Waals surface area contributed by atoms with Gasteiger partial charge < -0.3 is 13.7 Å². The van der Waals surface area contributed by atoms with Crippen LogP contribution in [0.2, 0.25) is 0 Å². The number of aromatic nitrogens is 1. The fourth-order valence-electron chi connectivity index (χ4n) is 5.75. The summed E-state index contributed by atoms with van der Waals surface area (Å²) in [4.78, 5) is 19.8. The van der Waals surface area contributed by atoms with Gasteiger partial charge in [0.25, 0.3) is 6.01 Å². The smallest absolute Gasteiger partial charge is 0.297 e. The quantitative estimate of drug-likeness (QED) is 0.167. The maximum Gasteiger partial charge on any atom is 0.297 e. The lowest BCUT2D eigenvalue weighted by atomic mass is 9.88. The number of rotatable bonds is 8. The molecule has 1 atom stereocenters. The summed E-state index contributed by atoms with van der Waals surface area (Å²) in [7, 11) is -2.16. The number of hydrogen-bond acceptors (Lipinski definition) is 7. The Morgan fingerprint density at radius 1 is 1.02 bits per heavy atom. The summed E-state index contributed by atoms with van der Waals surface area (Å²) in [5.74, 6) is -0.208. The van der Waals surface area contributed by atoms with Gasteiger partial charge >= 0.3 is 0 Å². The maximum atomic E-state index is 13.7. The molecule has 0 N–H and O–H groups in total. The van der Waals surface area contributed by atoms with E-state index in [4.69, 9.17) is 8.83 Å². The molecule has 8 nitrogen and oxygen atoms in total. The van der Waals surface area contributed by atoms with Crippen molar-refractivity contribution in [2.75, 3.05) is 35.6 Å². The van der Waals surface area contributed by atoms with Crippen LogP contribution in [0.4, 0.5) is 20.5 Å². The molecule has 0 aliphatic carbocycles. The van der Waals surface area contributed by atoms with Crippen molar-refractivity contribution in [3.8, 4) is 22.6 Å². The zero-order valence-corrected chi connectivity index (χ0v) is 25.3. The van der Waals surface area contributed by atoms with E-state index in [-0.39, 0.29) is 23.9 Å². The molecule has 5 aromatic rings. The Labute approximate surface area is 254 Å². The van der Waals surface area contributed by atoms with Crippen LogP contribution in [0.1, 0.15) is 48.0 Å². The standard InChI is InChI=1S/C33H31F2N3O5S/c1-4-28(39)31-26-16-25(22-6-5-15-38(19-22)33-36-18-30(43-33)20-7-11-23(34)12-8-20)27(37(2)44(3,40)41)17-29(26)42-32(31)21-9-13-24(35)14-10-21/h7-14,16-18,22H,4-6,15,19H2,1-3H3/t22-/m0/s1. The van der Waals surface area contributed by atoms with Crippen LogP contribution in [0, 0.1) is 11.6 Å². The van der Waals surface area contributed by atoms with Crippen molar-refractivity contribution in [3.05, 3.63) is 89.6 Å². The van der Waals surface area contributed by atoms with Gasteiger partial charge in [0.2, 0.25) is 10.0 Å². The number of sulfonamides is 1. The zero-order valence-electron chi connectivity index (χ0n) is 24.5. The molecule has 0 bridgehead atoms. The molecule has 1 aliphatic heterocycles. The number of halogens is 2. The fraction of sp³-hybridized carbons (Fsp3) is 0.273. The molecule has 11 heteroatoms. The normalized spacial score (nSPS) is 15.6. The molecule has 0 saturated carbocycles. The van der Waals surface area contributed by atoms with Gasteiger partial charge in [0, 0.05) is 55.1 Å². The van der Waals surface area contributed by atoms with Crippen LogP contribution < -0.4 is 9.21 Å². The predicted octanol–water partition coefficient (Wildman–Crippen LogP) is 7.41. The Bertz CT molecular complexity index is 1950. The Kier molecular flexibility index (Phi) is 7.75. The summed E-state index contributed by atoms with van der Waals surface area (Å²) in [5.41, 5.74) is 3.18. The van der Waals surface area contributed by atoms with Crippen LogP contribution in [-0.2, 0) is 10.0 Å². The van der Waals surface area contributed by atoms with Gasteiger partial charge in [-0.3, -0.25) is 9.10 Å². The average molecular weight is 620 g/mol. The van der Waals surface area contributed by atoms with Crippen molar-refractivity contribution in [2.45, 2.75) is 32.1 Å². The Morgan fingerprint density at radius 2 is 1.68 bits per heavy atom. The molecule has 1 saturated heterocycles. The van der Waals surface area contributed by atoms with E-state index in [0.717, 1.165) is 24.7 Å². The third-order valence-electron chi connectivity index (χ3n) is 8.13. The molecular formula is C33H31F2N3O5S. The van der Waals surface area contributed by atoms with Crippen LogP contribution in [0.25, 0.3) is 33.6 Å². The first-order chi connectivity index (χ1) is 21.0. The van der Waals surface area contributed by atoms with Crippen LogP contribution in [0.5, 0.6) is 0 Å². The summed E-state index contributed by atoms with van der Waals surface area (Å²) in [6, 6.07) is 15.6. The number of carbonyl (C=O) groups excluding carboxylic acids is 1. The lowest BCUT2D eigenvalue weighted by molar-refractivity contribution is 0.0989. The van der Waals surface area contributed by atoms with Crippen molar-refractivity contribution in [2.24, 2.45) is 0 Å². The molecule has 3 heterocycles. The summed E-state index contributed by atoms with van der Waals surface area (Å²) >= 11 is 0. The number of piperidine rings is 1. The molecule has 44 heavy (non-hydrogen) atoms. The second-order valence-corrected chi connectivity index (χ2v) is 13.0. The number of benzene rings is 3. The lowest BCUT2D eigenvalue weighted by Crippen LogP contribution is -2.35. The van der Waals surface area contributed by atoms with Crippen molar-refractivity contribution in [1.82, 2.24) is 4.98 Å².